The summed E-state index contributed by atoms with van der Waals surface area (Å²) >= 11 is 0. The third-order valence-electron chi connectivity index (χ3n) is 5.36. The van der Waals surface area contributed by atoms with Gasteiger partial charge in [0, 0.05) is 5.92 Å². The Morgan fingerprint density at radius 3 is 1.63 bits per heavy atom. The summed E-state index contributed by atoms with van der Waals surface area (Å²) in [5.74, 6) is -1.50. The number of rotatable bonds is 15. The molecule has 3 aromatic rings. The Morgan fingerprint density at radius 2 is 1.17 bits per heavy atom. The van der Waals surface area contributed by atoms with E-state index in [0.717, 1.165) is 16.7 Å². The summed E-state index contributed by atoms with van der Waals surface area (Å²) in [4.78, 5) is 12.1. The maximum Gasteiger partial charge on any atom is 0.265 e. The molecular formula is C27H30O7S. The van der Waals surface area contributed by atoms with Gasteiger partial charge in [0.1, 0.15) is 6.10 Å². The zero-order valence-corrected chi connectivity index (χ0v) is 20.1. The number of carbonyl (C=O) groups is 1. The fourth-order valence-electron chi connectivity index (χ4n) is 3.65. The molecule has 3 rings (SSSR count). The molecule has 0 radical (unpaired) electrons. The molecule has 0 aromatic heterocycles. The predicted molar refractivity (Wildman–Crippen MR) is 132 cm³/mol. The van der Waals surface area contributed by atoms with Gasteiger partial charge in [-0.05, 0) is 16.7 Å². The molecule has 3 aromatic carbocycles. The first-order chi connectivity index (χ1) is 16.9. The van der Waals surface area contributed by atoms with E-state index in [1.54, 1.807) is 0 Å². The van der Waals surface area contributed by atoms with Crippen LogP contribution in [0.2, 0.25) is 0 Å². The predicted octanol–water partition coefficient (Wildman–Crippen LogP) is 4.08. The van der Waals surface area contributed by atoms with Gasteiger partial charge in [0.05, 0.1) is 38.3 Å². The molecule has 0 aliphatic carbocycles. The summed E-state index contributed by atoms with van der Waals surface area (Å²) in [6.45, 7) is 0.447. The lowest BCUT2D eigenvalue weighted by atomic mass is 10.00. The smallest absolute Gasteiger partial charge is 0.265 e. The number of hydrogen-bond acceptors (Lipinski definition) is 6. The van der Waals surface area contributed by atoms with Gasteiger partial charge in [-0.3, -0.25) is 4.55 Å². The van der Waals surface area contributed by atoms with E-state index in [4.69, 9.17) is 14.2 Å². The third-order valence-corrected chi connectivity index (χ3v) is 6.21. The summed E-state index contributed by atoms with van der Waals surface area (Å²) in [6.07, 6.45) is -1.45. The van der Waals surface area contributed by atoms with Crippen molar-refractivity contribution in [3.8, 4) is 0 Å². The molecule has 0 unspecified atom stereocenters. The van der Waals surface area contributed by atoms with Crippen molar-refractivity contribution in [1.82, 2.24) is 0 Å². The van der Waals surface area contributed by atoms with Crippen LogP contribution < -0.4 is 0 Å². The van der Waals surface area contributed by atoms with E-state index in [1.807, 2.05) is 91.0 Å². The fraction of sp³-hybridized carbons (Fsp3) is 0.296. The maximum absolute atomic E-state index is 12.1. The molecule has 0 spiro atoms. The average molecular weight is 499 g/mol. The summed E-state index contributed by atoms with van der Waals surface area (Å²) < 4.78 is 51.1. The van der Waals surface area contributed by atoms with E-state index in [2.05, 4.69) is 0 Å². The molecule has 0 aliphatic rings. The second-order valence-corrected chi connectivity index (χ2v) is 9.67. The highest BCUT2D eigenvalue weighted by molar-refractivity contribution is 7.85. The van der Waals surface area contributed by atoms with Gasteiger partial charge >= 0.3 is 0 Å². The van der Waals surface area contributed by atoms with Gasteiger partial charge in [-0.2, -0.15) is 8.42 Å². The molecule has 0 fully saturated rings. The van der Waals surface area contributed by atoms with E-state index in [-0.39, 0.29) is 26.4 Å². The van der Waals surface area contributed by atoms with Crippen LogP contribution in [-0.4, -0.2) is 43.8 Å². The van der Waals surface area contributed by atoms with E-state index in [9.17, 15) is 17.8 Å². The zero-order chi connectivity index (χ0) is 24.9. The molecular weight excluding hydrogens is 468 g/mol. The fourth-order valence-corrected chi connectivity index (χ4v) is 4.48. The molecule has 3 atom stereocenters. The molecule has 0 saturated heterocycles. The Labute approximate surface area is 206 Å². The Bertz CT molecular complexity index is 1110. The monoisotopic (exact) mass is 498 g/mol. The quantitative estimate of drug-likeness (QED) is 0.249. The van der Waals surface area contributed by atoms with Crippen LogP contribution in [0.15, 0.2) is 91.0 Å². The van der Waals surface area contributed by atoms with Crippen LogP contribution in [0.1, 0.15) is 16.7 Å². The molecule has 1 N–H and O–H groups in total. The summed E-state index contributed by atoms with van der Waals surface area (Å²) in [7, 11) is -4.39. The van der Waals surface area contributed by atoms with Crippen LogP contribution in [-0.2, 0) is 48.9 Å². The average Bonchev–Trinajstić information content (AvgIpc) is 2.86. The van der Waals surface area contributed by atoms with Crippen molar-refractivity contribution in [3.63, 3.8) is 0 Å². The number of hydrogen-bond donors (Lipinski definition) is 1. The van der Waals surface area contributed by atoms with Crippen LogP contribution in [0.25, 0.3) is 0 Å². The van der Waals surface area contributed by atoms with Gasteiger partial charge in [-0.25, -0.2) is 0 Å². The topological polar surface area (TPSA) is 99.1 Å². The molecule has 0 saturated carbocycles. The van der Waals surface area contributed by atoms with Crippen molar-refractivity contribution >= 4 is 16.4 Å². The number of ether oxygens (including phenoxy) is 3. The lowest BCUT2D eigenvalue weighted by molar-refractivity contribution is -0.142. The van der Waals surface area contributed by atoms with Crippen LogP contribution >= 0.6 is 0 Å². The van der Waals surface area contributed by atoms with Crippen LogP contribution in [0, 0.1) is 5.92 Å². The Morgan fingerprint density at radius 1 is 0.714 bits per heavy atom. The second-order valence-electron chi connectivity index (χ2n) is 8.17. The molecule has 0 heterocycles. The minimum Gasteiger partial charge on any atom is -0.376 e. The van der Waals surface area contributed by atoms with E-state index in [0.29, 0.717) is 6.29 Å². The van der Waals surface area contributed by atoms with Gasteiger partial charge in [0.2, 0.25) is 0 Å². The van der Waals surface area contributed by atoms with E-state index in [1.165, 1.54) is 0 Å². The van der Waals surface area contributed by atoms with Crippen molar-refractivity contribution in [1.29, 1.82) is 0 Å². The zero-order valence-electron chi connectivity index (χ0n) is 19.3. The summed E-state index contributed by atoms with van der Waals surface area (Å²) in [5, 5.41) is 0. The number of benzene rings is 3. The van der Waals surface area contributed by atoms with Gasteiger partial charge in [0.25, 0.3) is 10.1 Å². The lowest BCUT2D eigenvalue weighted by Crippen LogP contribution is -2.43. The van der Waals surface area contributed by atoms with Crippen molar-refractivity contribution in [2.75, 3.05) is 12.4 Å². The lowest BCUT2D eigenvalue weighted by Gasteiger charge is -2.30. The van der Waals surface area contributed by atoms with Crippen molar-refractivity contribution in [2.24, 2.45) is 5.92 Å². The normalized spacial score (nSPS) is 14.2. The highest BCUT2D eigenvalue weighted by Gasteiger charge is 2.34. The van der Waals surface area contributed by atoms with Gasteiger partial charge < -0.3 is 19.0 Å². The second kappa shape index (κ2) is 13.9. The minimum absolute atomic E-state index is 0.0623. The summed E-state index contributed by atoms with van der Waals surface area (Å²) in [6, 6.07) is 28.0. The van der Waals surface area contributed by atoms with Gasteiger partial charge in [0.15, 0.2) is 6.29 Å². The molecule has 0 amide bonds. The van der Waals surface area contributed by atoms with Crippen LogP contribution in [0.3, 0.4) is 0 Å². The highest BCUT2D eigenvalue weighted by Crippen LogP contribution is 2.21. The molecule has 0 aliphatic heterocycles. The summed E-state index contributed by atoms with van der Waals surface area (Å²) in [5.41, 5.74) is 2.61. The molecule has 7 nitrogen and oxygen atoms in total. The Balaban J connectivity index is 1.78. The van der Waals surface area contributed by atoms with Gasteiger partial charge in [-0.1, -0.05) is 91.0 Å². The third kappa shape index (κ3) is 9.71. The van der Waals surface area contributed by atoms with Crippen molar-refractivity contribution in [2.45, 2.75) is 32.0 Å². The highest BCUT2D eigenvalue weighted by atomic mass is 32.2. The van der Waals surface area contributed by atoms with E-state index < -0.39 is 34.0 Å². The molecule has 35 heavy (non-hydrogen) atoms. The van der Waals surface area contributed by atoms with Crippen LogP contribution in [0.4, 0.5) is 0 Å². The number of aldehydes is 1. The number of carbonyl (C=O) groups excluding carboxylic acids is 1. The SMILES string of the molecule is O=C[C@@H](OCc1ccccc1)[C@@H](OCc1ccccc1)[C@@H](COCc1ccccc1)CS(=O)(=O)O. The first-order valence-electron chi connectivity index (χ1n) is 11.3. The first-order valence-corrected chi connectivity index (χ1v) is 12.9. The maximum atomic E-state index is 12.1. The molecule has 186 valence electrons. The molecule has 0 bridgehead atoms. The van der Waals surface area contributed by atoms with E-state index >= 15 is 0 Å². The van der Waals surface area contributed by atoms with Crippen LogP contribution in [0.5, 0.6) is 0 Å². The minimum atomic E-state index is -4.39. The Kier molecular flexibility index (Phi) is 10.6. The largest absolute Gasteiger partial charge is 0.376 e. The standard InChI is InChI=1S/C27H30O7S/c28-16-26(33-18-23-12-6-2-7-13-23)27(34-19-24-14-8-3-9-15-24)25(21-35(29,30)31)20-32-17-22-10-4-1-5-11-22/h1-16,25-27H,17-21H2,(H,29,30,31)/t25-,26+,27-/m0/s1. The first kappa shape index (κ1) is 26.7. The van der Waals surface area contributed by atoms with Crippen molar-refractivity contribution < 1.29 is 32.0 Å². The molecule has 8 heteroatoms. The Hall–Kier alpha value is -2.88. The van der Waals surface area contributed by atoms with Gasteiger partial charge in [-0.15, -0.1) is 0 Å². The van der Waals surface area contributed by atoms with Crippen molar-refractivity contribution in [3.05, 3.63) is 108 Å².